The van der Waals surface area contributed by atoms with Crippen LogP contribution in [0.15, 0.2) is 18.2 Å². The molecule has 1 aromatic carbocycles. The fraction of sp³-hybridized carbons (Fsp3) is 0.462. The van der Waals surface area contributed by atoms with E-state index in [1.807, 2.05) is 6.07 Å². The third-order valence-corrected chi connectivity index (χ3v) is 2.97. The summed E-state index contributed by atoms with van der Waals surface area (Å²) in [7, 11) is 1.37. The second-order valence-corrected chi connectivity index (χ2v) is 4.51. The molecule has 0 saturated heterocycles. The molecule has 0 fully saturated rings. The zero-order valence-electron chi connectivity index (χ0n) is 10.3. The van der Waals surface area contributed by atoms with E-state index in [1.54, 1.807) is 12.1 Å². The van der Waals surface area contributed by atoms with Gasteiger partial charge in [0, 0.05) is 0 Å². The van der Waals surface area contributed by atoms with Crippen molar-refractivity contribution in [1.29, 1.82) is 0 Å². The monoisotopic (exact) mass is 235 g/mol. The van der Waals surface area contributed by atoms with Gasteiger partial charge in [0.05, 0.1) is 24.4 Å². The Balaban J connectivity index is 2.22. The SMILES string of the molecule is COC(=O)c1ccc2c(c1)OCC(C(C)C)N2. The van der Waals surface area contributed by atoms with Gasteiger partial charge in [0.1, 0.15) is 12.4 Å². The molecule has 0 spiro atoms. The van der Waals surface area contributed by atoms with Crippen molar-refractivity contribution in [2.75, 3.05) is 19.0 Å². The van der Waals surface area contributed by atoms with Gasteiger partial charge in [-0.05, 0) is 24.1 Å². The smallest absolute Gasteiger partial charge is 0.337 e. The molecule has 0 amide bonds. The minimum absolute atomic E-state index is 0.312. The molecule has 0 bridgehead atoms. The second kappa shape index (κ2) is 4.65. The summed E-state index contributed by atoms with van der Waals surface area (Å²) in [5.41, 5.74) is 1.44. The van der Waals surface area contributed by atoms with Gasteiger partial charge in [-0.3, -0.25) is 0 Å². The summed E-state index contributed by atoms with van der Waals surface area (Å²) in [6, 6.07) is 5.62. The number of fused-ring (bicyclic) bond motifs is 1. The lowest BCUT2D eigenvalue weighted by Gasteiger charge is -2.30. The molecule has 1 aliphatic rings. The highest BCUT2D eigenvalue weighted by molar-refractivity contribution is 5.90. The largest absolute Gasteiger partial charge is 0.489 e. The maximum Gasteiger partial charge on any atom is 0.337 e. The van der Waals surface area contributed by atoms with E-state index in [9.17, 15) is 4.79 Å². The molecule has 1 N–H and O–H groups in total. The Morgan fingerprint density at radius 2 is 2.29 bits per heavy atom. The van der Waals surface area contributed by atoms with Gasteiger partial charge in [-0.2, -0.15) is 0 Å². The molecule has 0 radical (unpaired) electrons. The Morgan fingerprint density at radius 1 is 1.53 bits per heavy atom. The first kappa shape index (κ1) is 11.8. The Bertz CT molecular complexity index is 429. The zero-order valence-corrected chi connectivity index (χ0v) is 10.3. The molecular formula is C13H17NO3. The van der Waals surface area contributed by atoms with E-state index in [0.717, 1.165) is 5.69 Å². The van der Waals surface area contributed by atoms with Gasteiger partial charge < -0.3 is 14.8 Å². The van der Waals surface area contributed by atoms with E-state index >= 15 is 0 Å². The average Bonchev–Trinajstić information content (AvgIpc) is 2.36. The fourth-order valence-electron chi connectivity index (χ4n) is 1.79. The summed E-state index contributed by atoms with van der Waals surface area (Å²) in [6.07, 6.45) is 0. The second-order valence-electron chi connectivity index (χ2n) is 4.51. The molecule has 4 heteroatoms. The van der Waals surface area contributed by atoms with Gasteiger partial charge in [0.15, 0.2) is 0 Å². The third kappa shape index (κ3) is 2.35. The van der Waals surface area contributed by atoms with Gasteiger partial charge >= 0.3 is 5.97 Å². The number of esters is 1. The van der Waals surface area contributed by atoms with Crippen LogP contribution in [0.3, 0.4) is 0 Å². The van der Waals surface area contributed by atoms with Crippen LogP contribution in [-0.2, 0) is 4.74 Å². The van der Waals surface area contributed by atoms with Gasteiger partial charge in [-0.15, -0.1) is 0 Å². The molecule has 17 heavy (non-hydrogen) atoms. The van der Waals surface area contributed by atoms with Crippen molar-refractivity contribution < 1.29 is 14.3 Å². The van der Waals surface area contributed by atoms with Crippen molar-refractivity contribution in [2.24, 2.45) is 5.92 Å². The van der Waals surface area contributed by atoms with Gasteiger partial charge in [-0.25, -0.2) is 4.79 Å². The van der Waals surface area contributed by atoms with E-state index < -0.39 is 0 Å². The highest BCUT2D eigenvalue weighted by atomic mass is 16.5. The van der Waals surface area contributed by atoms with E-state index in [2.05, 4.69) is 23.9 Å². The molecule has 1 aromatic rings. The predicted octanol–water partition coefficient (Wildman–Crippen LogP) is 2.30. The number of ether oxygens (including phenoxy) is 2. The quantitative estimate of drug-likeness (QED) is 0.799. The zero-order chi connectivity index (χ0) is 12.4. The molecule has 2 rings (SSSR count). The number of anilines is 1. The van der Waals surface area contributed by atoms with Crippen molar-refractivity contribution in [3.8, 4) is 5.75 Å². The Hall–Kier alpha value is -1.71. The number of methoxy groups -OCH3 is 1. The first-order chi connectivity index (χ1) is 8.11. The molecule has 92 valence electrons. The Morgan fingerprint density at radius 3 is 2.94 bits per heavy atom. The van der Waals surface area contributed by atoms with Crippen LogP contribution in [0.5, 0.6) is 5.75 Å². The van der Waals surface area contributed by atoms with Crippen molar-refractivity contribution in [2.45, 2.75) is 19.9 Å². The van der Waals surface area contributed by atoms with Crippen LogP contribution in [0.1, 0.15) is 24.2 Å². The molecule has 1 aliphatic heterocycles. The maximum atomic E-state index is 11.4. The highest BCUT2D eigenvalue weighted by Gasteiger charge is 2.22. The molecule has 0 aromatic heterocycles. The Labute approximate surface area is 101 Å². The van der Waals surface area contributed by atoms with E-state index in [-0.39, 0.29) is 5.97 Å². The molecule has 0 saturated carbocycles. The fourth-order valence-corrected chi connectivity index (χ4v) is 1.79. The summed E-state index contributed by atoms with van der Waals surface area (Å²) in [5.74, 6) is 0.871. The minimum Gasteiger partial charge on any atom is -0.489 e. The van der Waals surface area contributed by atoms with Crippen LogP contribution in [0.2, 0.25) is 0 Å². The first-order valence-corrected chi connectivity index (χ1v) is 5.73. The number of rotatable bonds is 2. The van der Waals surface area contributed by atoms with E-state index in [1.165, 1.54) is 7.11 Å². The van der Waals surface area contributed by atoms with E-state index in [4.69, 9.17) is 4.74 Å². The normalized spacial score (nSPS) is 18.0. The summed E-state index contributed by atoms with van der Waals surface area (Å²) in [6.45, 7) is 4.92. The molecular weight excluding hydrogens is 218 g/mol. The molecule has 1 atom stereocenters. The van der Waals surface area contributed by atoms with E-state index in [0.29, 0.717) is 29.9 Å². The molecule has 1 unspecified atom stereocenters. The Kier molecular flexibility index (Phi) is 3.22. The van der Waals surface area contributed by atoms with Crippen LogP contribution in [0.4, 0.5) is 5.69 Å². The summed E-state index contributed by atoms with van der Waals surface area (Å²) < 4.78 is 10.3. The lowest BCUT2D eigenvalue weighted by atomic mass is 10.0. The summed E-state index contributed by atoms with van der Waals surface area (Å²) >= 11 is 0. The predicted molar refractivity (Wildman–Crippen MR) is 65.5 cm³/mol. The van der Waals surface area contributed by atoms with Crippen LogP contribution in [0.25, 0.3) is 0 Å². The number of carbonyl (C=O) groups excluding carboxylic acids is 1. The lowest BCUT2D eigenvalue weighted by Crippen LogP contribution is -2.35. The van der Waals surface area contributed by atoms with Crippen LogP contribution < -0.4 is 10.1 Å². The third-order valence-electron chi connectivity index (χ3n) is 2.97. The first-order valence-electron chi connectivity index (χ1n) is 5.73. The summed E-state index contributed by atoms with van der Waals surface area (Å²) in [4.78, 5) is 11.4. The van der Waals surface area contributed by atoms with Crippen molar-refractivity contribution in [3.63, 3.8) is 0 Å². The van der Waals surface area contributed by atoms with Crippen LogP contribution in [0, 0.1) is 5.92 Å². The molecule has 4 nitrogen and oxygen atoms in total. The number of carbonyl (C=O) groups is 1. The van der Waals surface area contributed by atoms with Crippen LogP contribution >= 0.6 is 0 Å². The van der Waals surface area contributed by atoms with Gasteiger partial charge in [-0.1, -0.05) is 13.8 Å². The van der Waals surface area contributed by atoms with Crippen molar-refractivity contribution in [1.82, 2.24) is 0 Å². The van der Waals surface area contributed by atoms with Crippen molar-refractivity contribution >= 4 is 11.7 Å². The summed E-state index contributed by atoms with van der Waals surface area (Å²) in [5, 5.41) is 3.40. The average molecular weight is 235 g/mol. The number of benzene rings is 1. The highest BCUT2D eigenvalue weighted by Crippen LogP contribution is 2.31. The van der Waals surface area contributed by atoms with Crippen molar-refractivity contribution in [3.05, 3.63) is 23.8 Å². The number of nitrogens with one attached hydrogen (secondary N) is 1. The van der Waals surface area contributed by atoms with Gasteiger partial charge in [0.25, 0.3) is 0 Å². The molecule has 1 heterocycles. The van der Waals surface area contributed by atoms with Gasteiger partial charge in [0.2, 0.25) is 0 Å². The van der Waals surface area contributed by atoms with Crippen LogP contribution in [-0.4, -0.2) is 25.7 Å². The standard InChI is InChI=1S/C13H17NO3/c1-8(2)11-7-17-12-6-9(13(15)16-3)4-5-10(12)14-11/h4-6,8,11,14H,7H2,1-3H3. The minimum atomic E-state index is -0.345. The maximum absolute atomic E-state index is 11.4. The number of hydrogen-bond donors (Lipinski definition) is 1. The lowest BCUT2D eigenvalue weighted by molar-refractivity contribution is 0.0600. The topological polar surface area (TPSA) is 47.6 Å². The molecule has 0 aliphatic carbocycles. The number of hydrogen-bond acceptors (Lipinski definition) is 4.